The summed E-state index contributed by atoms with van der Waals surface area (Å²) in [7, 11) is 3.74. The van der Waals surface area contributed by atoms with Crippen LogP contribution in [-0.4, -0.2) is 32.1 Å². The summed E-state index contributed by atoms with van der Waals surface area (Å²) in [6, 6.07) is 5.68. The quantitative estimate of drug-likeness (QED) is 0.831. The van der Waals surface area contributed by atoms with Gasteiger partial charge in [-0.1, -0.05) is 11.6 Å². The summed E-state index contributed by atoms with van der Waals surface area (Å²) in [6.07, 6.45) is 0.999. The summed E-state index contributed by atoms with van der Waals surface area (Å²) in [5.74, 6) is 0.879. The van der Waals surface area contributed by atoms with Crippen molar-refractivity contribution in [2.24, 2.45) is 5.73 Å². The first-order chi connectivity index (χ1) is 7.67. The zero-order valence-corrected chi connectivity index (χ0v) is 10.6. The molecule has 0 spiro atoms. The van der Waals surface area contributed by atoms with E-state index in [1.165, 1.54) is 0 Å². The molecule has 0 radical (unpaired) electrons. The molecule has 0 bridgehead atoms. The highest BCUT2D eigenvalue weighted by Crippen LogP contribution is 2.23. The first-order valence-corrected chi connectivity index (χ1v) is 5.76. The Hall–Kier alpha value is -0.770. The maximum Gasteiger partial charge on any atom is 0.123 e. The van der Waals surface area contributed by atoms with Crippen molar-refractivity contribution in [1.82, 2.24) is 4.90 Å². The molecule has 0 saturated heterocycles. The average molecular weight is 243 g/mol. The van der Waals surface area contributed by atoms with Crippen molar-refractivity contribution in [2.45, 2.75) is 13.0 Å². The molecule has 0 aliphatic rings. The topological polar surface area (TPSA) is 38.5 Å². The Morgan fingerprint density at radius 3 is 2.81 bits per heavy atom. The smallest absolute Gasteiger partial charge is 0.123 e. The minimum Gasteiger partial charge on any atom is -0.496 e. The Bertz CT molecular complexity index is 331. The number of benzene rings is 1. The highest BCUT2D eigenvalue weighted by molar-refractivity contribution is 6.30. The fourth-order valence-corrected chi connectivity index (χ4v) is 1.80. The molecule has 3 nitrogen and oxygen atoms in total. The lowest BCUT2D eigenvalue weighted by molar-refractivity contribution is 0.315. The van der Waals surface area contributed by atoms with Gasteiger partial charge in [0.2, 0.25) is 0 Å². The van der Waals surface area contributed by atoms with Crippen molar-refractivity contribution in [3.8, 4) is 5.75 Å². The second-order valence-electron chi connectivity index (χ2n) is 3.84. The van der Waals surface area contributed by atoms with E-state index >= 15 is 0 Å². The van der Waals surface area contributed by atoms with E-state index in [1.807, 2.05) is 18.2 Å². The molecule has 2 N–H and O–H groups in total. The standard InChI is InChI=1S/C12H19ClN2O/c1-15(7-3-6-14)9-10-8-11(13)4-5-12(10)16-2/h4-5,8H,3,6-7,9,14H2,1-2H3. The largest absolute Gasteiger partial charge is 0.496 e. The molecule has 16 heavy (non-hydrogen) atoms. The number of methoxy groups -OCH3 is 1. The van der Waals surface area contributed by atoms with Gasteiger partial charge in [0, 0.05) is 17.1 Å². The number of hydrogen-bond donors (Lipinski definition) is 1. The summed E-state index contributed by atoms with van der Waals surface area (Å²) in [5.41, 5.74) is 6.58. The van der Waals surface area contributed by atoms with E-state index in [9.17, 15) is 0 Å². The molecule has 0 aliphatic carbocycles. The zero-order valence-electron chi connectivity index (χ0n) is 9.87. The molecule has 0 amide bonds. The second kappa shape index (κ2) is 6.74. The van der Waals surface area contributed by atoms with Crippen LogP contribution >= 0.6 is 11.6 Å². The summed E-state index contributed by atoms with van der Waals surface area (Å²) in [6.45, 7) is 2.52. The maximum absolute atomic E-state index is 5.97. The lowest BCUT2D eigenvalue weighted by Crippen LogP contribution is -2.21. The molecular weight excluding hydrogens is 224 g/mol. The molecule has 1 aromatic carbocycles. The van der Waals surface area contributed by atoms with Gasteiger partial charge in [-0.3, -0.25) is 0 Å². The van der Waals surface area contributed by atoms with Gasteiger partial charge < -0.3 is 15.4 Å². The van der Waals surface area contributed by atoms with Gasteiger partial charge in [0.25, 0.3) is 0 Å². The Kier molecular flexibility index (Phi) is 5.60. The molecule has 90 valence electrons. The summed E-state index contributed by atoms with van der Waals surface area (Å²) in [5, 5.41) is 0.739. The van der Waals surface area contributed by atoms with Crippen LogP contribution < -0.4 is 10.5 Å². The van der Waals surface area contributed by atoms with E-state index in [0.29, 0.717) is 0 Å². The van der Waals surface area contributed by atoms with Crippen LogP contribution in [0, 0.1) is 0 Å². The van der Waals surface area contributed by atoms with Gasteiger partial charge in [-0.15, -0.1) is 0 Å². The van der Waals surface area contributed by atoms with Crippen LogP contribution in [0.3, 0.4) is 0 Å². The molecule has 1 aromatic rings. The van der Waals surface area contributed by atoms with E-state index in [1.54, 1.807) is 7.11 Å². The van der Waals surface area contributed by atoms with Crippen LogP contribution in [0.2, 0.25) is 5.02 Å². The average Bonchev–Trinajstić information content (AvgIpc) is 2.27. The number of halogens is 1. The van der Waals surface area contributed by atoms with Gasteiger partial charge in [-0.05, 0) is 44.8 Å². The summed E-state index contributed by atoms with van der Waals surface area (Å²) in [4.78, 5) is 2.21. The number of nitrogens with zero attached hydrogens (tertiary/aromatic N) is 1. The Labute approximate surface area is 102 Å². The van der Waals surface area contributed by atoms with Gasteiger partial charge in [0.15, 0.2) is 0 Å². The lowest BCUT2D eigenvalue weighted by atomic mass is 10.2. The molecule has 0 fully saturated rings. The molecular formula is C12H19ClN2O. The second-order valence-corrected chi connectivity index (χ2v) is 4.27. The highest BCUT2D eigenvalue weighted by atomic mass is 35.5. The molecule has 4 heteroatoms. The van der Waals surface area contributed by atoms with Crippen LogP contribution in [0.15, 0.2) is 18.2 Å². The molecule has 0 unspecified atom stereocenters. The number of rotatable bonds is 6. The first-order valence-electron chi connectivity index (χ1n) is 5.38. The van der Waals surface area contributed by atoms with Crippen LogP contribution in [0.25, 0.3) is 0 Å². The molecule has 1 rings (SSSR count). The van der Waals surface area contributed by atoms with Crippen molar-refractivity contribution < 1.29 is 4.74 Å². The monoisotopic (exact) mass is 242 g/mol. The van der Waals surface area contributed by atoms with Crippen LogP contribution in [-0.2, 0) is 6.54 Å². The molecule has 0 atom stereocenters. The summed E-state index contributed by atoms with van der Waals surface area (Å²) >= 11 is 5.97. The first kappa shape index (κ1) is 13.3. The Balaban J connectivity index is 2.67. The van der Waals surface area contributed by atoms with Crippen LogP contribution in [0.5, 0.6) is 5.75 Å². The summed E-state index contributed by atoms with van der Waals surface area (Å²) < 4.78 is 5.30. The normalized spacial score (nSPS) is 10.8. The van der Waals surface area contributed by atoms with Gasteiger partial charge in [0.1, 0.15) is 5.75 Å². The SMILES string of the molecule is COc1ccc(Cl)cc1CN(C)CCCN. The lowest BCUT2D eigenvalue weighted by Gasteiger charge is -2.18. The highest BCUT2D eigenvalue weighted by Gasteiger charge is 2.06. The van der Waals surface area contributed by atoms with Gasteiger partial charge in [-0.25, -0.2) is 0 Å². The number of hydrogen-bond acceptors (Lipinski definition) is 3. The fraction of sp³-hybridized carbons (Fsp3) is 0.500. The van der Waals surface area contributed by atoms with Crippen LogP contribution in [0.4, 0.5) is 0 Å². The predicted octanol–water partition coefficient (Wildman–Crippen LogP) is 2.13. The van der Waals surface area contributed by atoms with E-state index in [0.717, 1.165) is 42.4 Å². The minimum atomic E-state index is 0.719. The van der Waals surface area contributed by atoms with Crippen molar-refractivity contribution in [3.05, 3.63) is 28.8 Å². The molecule has 0 saturated carbocycles. The zero-order chi connectivity index (χ0) is 12.0. The van der Waals surface area contributed by atoms with Crippen molar-refractivity contribution in [1.29, 1.82) is 0 Å². The third-order valence-electron chi connectivity index (χ3n) is 2.43. The number of ether oxygens (including phenoxy) is 1. The molecule has 0 aromatic heterocycles. The molecule has 0 heterocycles. The van der Waals surface area contributed by atoms with Crippen molar-refractivity contribution in [3.63, 3.8) is 0 Å². The Morgan fingerprint density at radius 2 is 2.19 bits per heavy atom. The van der Waals surface area contributed by atoms with E-state index in [4.69, 9.17) is 22.1 Å². The minimum absolute atomic E-state index is 0.719. The fourth-order valence-electron chi connectivity index (χ4n) is 1.60. The van der Waals surface area contributed by atoms with Gasteiger partial charge >= 0.3 is 0 Å². The molecule has 0 aliphatic heterocycles. The Morgan fingerprint density at radius 1 is 1.44 bits per heavy atom. The van der Waals surface area contributed by atoms with E-state index in [2.05, 4.69) is 11.9 Å². The third-order valence-corrected chi connectivity index (χ3v) is 2.66. The third kappa shape index (κ3) is 4.00. The van der Waals surface area contributed by atoms with Crippen molar-refractivity contribution >= 4 is 11.6 Å². The van der Waals surface area contributed by atoms with Crippen molar-refractivity contribution in [2.75, 3.05) is 27.2 Å². The predicted molar refractivity (Wildman–Crippen MR) is 68.0 cm³/mol. The van der Waals surface area contributed by atoms with Crippen LogP contribution in [0.1, 0.15) is 12.0 Å². The van der Waals surface area contributed by atoms with E-state index < -0.39 is 0 Å². The van der Waals surface area contributed by atoms with E-state index in [-0.39, 0.29) is 0 Å². The van der Waals surface area contributed by atoms with Gasteiger partial charge in [0.05, 0.1) is 7.11 Å². The maximum atomic E-state index is 5.97. The van der Waals surface area contributed by atoms with Gasteiger partial charge in [-0.2, -0.15) is 0 Å². The number of nitrogens with two attached hydrogens (primary N) is 1.